The van der Waals surface area contributed by atoms with Gasteiger partial charge >= 0.3 is 0 Å². The highest BCUT2D eigenvalue weighted by atomic mass is 16.6. The molecule has 1 saturated heterocycles. The summed E-state index contributed by atoms with van der Waals surface area (Å²) in [7, 11) is 1.55. The highest BCUT2D eigenvalue weighted by Crippen LogP contribution is 2.36. The molecule has 1 saturated carbocycles. The Morgan fingerprint density at radius 3 is 2.46 bits per heavy atom. The Hall–Kier alpha value is -4.32. The number of hydrogen-bond donors (Lipinski definition) is 0. The summed E-state index contributed by atoms with van der Waals surface area (Å²) in [5, 5.41) is 27.3. The van der Waals surface area contributed by atoms with Crippen LogP contribution in [0, 0.1) is 10.1 Å². The fourth-order valence-electron chi connectivity index (χ4n) is 4.27. The summed E-state index contributed by atoms with van der Waals surface area (Å²) in [6.45, 7) is 0.0663. The van der Waals surface area contributed by atoms with Crippen molar-refractivity contribution >= 4 is 23.2 Å². The molecule has 1 unspecified atom stereocenters. The van der Waals surface area contributed by atoms with Crippen molar-refractivity contribution in [3.05, 3.63) is 64.3 Å². The normalized spacial score (nSPS) is 17.9. The van der Waals surface area contributed by atoms with E-state index in [4.69, 9.17) is 9.26 Å². The molecular formula is C23H21N5O7. The number of amides is 2. The fourth-order valence-corrected chi connectivity index (χ4v) is 4.27. The molecule has 35 heavy (non-hydrogen) atoms. The van der Waals surface area contributed by atoms with E-state index in [2.05, 4.69) is 5.27 Å². The van der Waals surface area contributed by atoms with E-state index in [0.717, 1.165) is 17.7 Å². The first kappa shape index (κ1) is 22.5. The molecule has 0 bridgehead atoms. The lowest BCUT2D eigenvalue weighted by atomic mass is 10.2. The molecule has 2 fully saturated rings. The summed E-state index contributed by atoms with van der Waals surface area (Å²) < 4.78 is 11.5. The van der Waals surface area contributed by atoms with E-state index < -0.39 is 28.7 Å². The summed E-state index contributed by atoms with van der Waals surface area (Å²) in [4.78, 5) is 39.4. The Balaban J connectivity index is 1.41. The average molecular weight is 479 g/mol. The number of carbonyl (C=O) groups is 2. The second-order valence-corrected chi connectivity index (χ2v) is 8.38. The molecule has 3 aromatic rings. The van der Waals surface area contributed by atoms with Gasteiger partial charge in [-0.3, -0.25) is 24.6 Å². The summed E-state index contributed by atoms with van der Waals surface area (Å²) >= 11 is 0. The number of hydrogen-bond acceptors (Lipinski definition) is 9. The SMILES string of the molecule is COc1ccc(-[n+]2noc([O-])c2CN(C2CC2)C2CC(=O)N(c3ccc([N+](=O)[O-])cc3)C2=O)cc1. The van der Waals surface area contributed by atoms with Gasteiger partial charge in [-0.15, -0.1) is 0 Å². The van der Waals surface area contributed by atoms with E-state index in [1.54, 1.807) is 31.4 Å². The number of benzene rings is 2. The van der Waals surface area contributed by atoms with Gasteiger partial charge in [0.25, 0.3) is 17.3 Å². The van der Waals surface area contributed by atoms with Gasteiger partial charge in [0.1, 0.15) is 5.75 Å². The molecule has 12 heteroatoms. The Kier molecular flexibility index (Phi) is 5.65. The number of carbonyl (C=O) groups excluding carboxylic acids is 2. The molecule has 5 rings (SSSR count). The highest BCUT2D eigenvalue weighted by molar-refractivity contribution is 6.22. The van der Waals surface area contributed by atoms with E-state index in [0.29, 0.717) is 11.4 Å². The van der Waals surface area contributed by atoms with Crippen LogP contribution in [0.1, 0.15) is 25.0 Å². The van der Waals surface area contributed by atoms with Crippen LogP contribution in [-0.2, 0) is 16.1 Å². The van der Waals surface area contributed by atoms with Gasteiger partial charge in [0.15, 0.2) is 5.95 Å². The number of nitrogens with zero attached hydrogens (tertiary/aromatic N) is 5. The van der Waals surface area contributed by atoms with Crippen molar-refractivity contribution < 1.29 is 33.6 Å². The molecule has 2 aliphatic rings. The molecule has 1 aromatic heterocycles. The minimum absolute atomic E-state index is 0.0344. The number of aromatic nitrogens is 2. The minimum Gasteiger partial charge on any atom is -0.539 e. The third kappa shape index (κ3) is 4.19. The van der Waals surface area contributed by atoms with Crippen LogP contribution < -0.4 is 19.4 Å². The van der Waals surface area contributed by atoms with Gasteiger partial charge in [0.05, 0.1) is 42.0 Å². The van der Waals surface area contributed by atoms with Crippen LogP contribution in [0.5, 0.6) is 11.7 Å². The minimum atomic E-state index is -0.774. The van der Waals surface area contributed by atoms with E-state index in [1.165, 1.54) is 28.9 Å². The maximum atomic E-state index is 13.3. The zero-order valence-electron chi connectivity index (χ0n) is 18.7. The second-order valence-electron chi connectivity index (χ2n) is 8.38. The summed E-state index contributed by atoms with van der Waals surface area (Å²) in [5.74, 6) is -0.830. The summed E-state index contributed by atoms with van der Waals surface area (Å²) in [5.41, 5.74) is 0.953. The van der Waals surface area contributed by atoms with Crippen LogP contribution in [0.3, 0.4) is 0 Å². The summed E-state index contributed by atoms with van der Waals surface area (Å²) in [6, 6.07) is 11.4. The molecule has 180 valence electrons. The van der Waals surface area contributed by atoms with Crippen molar-refractivity contribution in [3.8, 4) is 17.4 Å². The smallest absolute Gasteiger partial charge is 0.269 e. The molecule has 2 aromatic carbocycles. The molecule has 1 aliphatic heterocycles. The zero-order chi connectivity index (χ0) is 24.7. The third-order valence-electron chi connectivity index (χ3n) is 6.20. The number of ether oxygens (including phenoxy) is 1. The predicted octanol–water partition coefficient (Wildman–Crippen LogP) is 1.24. The maximum absolute atomic E-state index is 13.3. The first-order valence-electron chi connectivity index (χ1n) is 11.0. The van der Waals surface area contributed by atoms with Gasteiger partial charge in [-0.25, -0.2) is 4.90 Å². The van der Waals surface area contributed by atoms with Crippen molar-refractivity contribution in [3.63, 3.8) is 0 Å². The zero-order valence-corrected chi connectivity index (χ0v) is 18.7. The van der Waals surface area contributed by atoms with Gasteiger partial charge < -0.3 is 14.4 Å². The standard InChI is InChI=1S/C23H21N5O7/c1-34-18-10-8-16(9-11-18)27-20(23(31)35-24-27)13-25(14-2-3-14)19-12-21(29)26(22(19)30)15-4-6-17(7-5-15)28(32)33/h4-11,14,19H,2-3,12-13H2,1H3. The largest absolute Gasteiger partial charge is 0.539 e. The monoisotopic (exact) mass is 479 g/mol. The fraction of sp³-hybridized carbons (Fsp3) is 0.304. The van der Waals surface area contributed by atoms with Crippen molar-refractivity contribution in [2.75, 3.05) is 12.0 Å². The number of rotatable bonds is 8. The lowest BCUT2D eigenvalue weighted by Crippen LogP contribution is -2.46. The van der Waals surface area contributed by atoms with E-state index in [1.807, 2.05) is 4.90 Å². The maximum Gasteiger partial charge on any atom is 0.269 e. The lowest BCUT2D eigenvalue weighted by Gasteiger charge is -2.25. The Morgan fingerprint density at radius 1 is 1.17 bits per heavy atom. The number of anilines is 1. The molecule has 1 atom stereocenters. The quantitative estimate of drug-likeness (QED) is 0.201. The van der Waals surface area contributed by atoms with Crippen molar-refractivity contribution in [1.29, 1.82) is 0 Å². The molecule has 0 radical (unpaired) electrons. The third-order valence-corrected chi connectivity index (χ3v) is 6.20. The van der Waals surface area contributed by atoms with Crippen molar-refractivity contribution in [2.45, 2.75) is 37.9 Å². The average Bonchev–Trinajstić information content (AvgIpc) is 3.58. The van der Waals surface area contributed by atoms with Crippen LogP contribution in [0.4, 0.5) is 11.4 Å². The Bertz CT molecular complexity index is 1280. The lowest BCUT2D eigenvalue weighted by molar-refractivity contribution is -0.678. The molecule has 0 spiro atoms. The molecule has 0 N–H and O–H groups in total. The Morgan fingerprint density at radius 2 is 1.86 bits per heavy atom. The molecule has 2 amide bonds. The predicted molar refractivity (Wildman–Crippen MR) is 117 cm³/mol. The van der Waals surface area contributed by atoms with Gasteiger partial charge in [-0.2, -0.15) is 0 Å². The first-order valence-corrected chi connectivity index (χ1v) is 11.0. The van der Waals surface area contributed by atoms with Crippen LogP contribution in [0.25, 0.3) is 5.69 Å². The number of nitro groups is 1. The second kappa shape index (κ2) is 8.80. The molecule has 12 nitrogen and oxygen atoms in total. The van der Waals surface area contributed by atoms with Crippen molar-refractivity contribution in [1.82, 2.24) is 10.2 Å². The first-order chi connectivity index (χ1) is 16.9. The summed E-state index contributed by atoms with van der Waals surface area (Å²) in [6.07, 6.45) is 1.60. The van der Waals surface area contributed by atoms with Gasteiger partial charge in [-0.05, 0) is 41.8 Å². The van der Waals surface area contributed by atoms with Crippen LogP contribution in [-0.4, -0.2) is 46.1 Å². The van der Waals surface area contributed by atoms with Gasteiger partial charge in [0.2, 0.25) is 11.6 Å². The van der Waals surface area contributed by atoms with E-state index >= 15 is 0 Å². The number of methoxy groups -OCH3 is 1. The topological polar surface area (TPSA) is 146 Å². The van der Waals surface area contributed by atoms with Crippen LogP contribution in [0.15, 0.2) is 53.1 Å². The van der Waals surface area contributed by atoms with Crippen LogP contribution >= 0.6 is 0 Å². The number of nitro benzene ring substituents is 1. The van der Waals surface area contributed by atoms with E-state index in [9.17, 15) is 24.8 Å². The Labute approximate surface area is 199 Å². The highest BCUT2D eigenvalue weighted by Gasteiger charge is 2.48. The van der Waals surface area contributed by atoms with Crippen molar-refractivity contribution in [2.24, 2.45) is 0 Å². The molecular weight excluding hydrogens is 458 g/mol. The van der Waals surface area contributed by atoms with Crippen LogP contribution in [0.2, 0.25) is 0 Å². The number of non-ortho nitro benzene ring substituents is 1. The van der Waals surface area contributed by atoms with Gasteiger partial charge in [-0.1, -0.05) is 0 Å². The molecule has 2 heterocycles. The molecule has 1 aliphatic carbocycles. The van der Waals surface area contributed by atoms with Gasteiger partial charge in [0, 0.05) is 30.3 Å². The number of imide groups is 1. The van der Waals surface area contributed by atoms with E-state index in [-0.39, 0.29) is 36.1 Å².